The van der Waals surface area contributed by atoms with Gasteiger partial charge >= 0.3 is 0 Å². The standard InChI is InChI=1S/C14H16N2O/c1-4-16-9-11(8-15)13-6-5-12(7-14(13)16)17-10(2)3/h5-7,9-10H,4H2,1-3H3. The Balaban J connectivity index is 2.56. The van der Waals surface area contributed by atoms with Crippen molar-refractivity contribution in [3.05, 3.63) is 30.0 Å². The van der Waals surface area contributed by atoms with Gasteiger partial charge in [-0.25, -0.2) is 0 Å². The SMILES string of the molecule is CCn1cc(C#N)c2ccc(OC(C)C)cc21. The van der Waals surface area contributed by atoms with Crippen LogP contribution < -0.4 is 4.74 Å². The number of nitriles is 1. The summed E-state index contributed by atoms with van der Waals surface area (Å²) < 4.78 is 7.74. The predicted molar refractivity (Wildman–Crippen MR) is 68.1 cm³/mol. The molecular weight excluding hydrogens is 212 g/mol. The van der Waals surface area contributed by atoms with Gasteiger partial charge in [0, 0.05) is 24.2 Å². The summed E-state index contributed by atoms with van der Waals surface area (Å²) in [6, 6.07) is 8.10. The topological polar surface area (TPSA) is 38.0 Å². The van der Waals surface area contributed by atoms with Crippen LogP contribution in [0.3, 0.4) is 0 Å². The fourth-order valence-electron chi connectivity index (χ4n) is 1.97. The molecule has 1 aromatic carbocycles. The molecule has 1 heterocycles. The molecule has 2 rings (SSSR count). The van der Waals surface area contributed by atoms with Crippen LogP contribution in [-0.2, 0) is 6.54 Å². The van der Waals surface area contributed by atoms with Crippen LogP contribution >= 0.6 is 0 Å². The lowest BCUT2D eigenvalue weighted by Crippen LogP contribution is -2.05. The van der Waals surface area contributed by atoms with Crippen molar-refractivity contribution in [1.29, 1.82) is 5.26 Å². The maximum absolute atomic E-state index is 9.06. The van der Waals surface area contributed by atoms with Gasteiger partial charge in [0.05, 0.1) is 17.2 Å². The van der Waals surface area contributed by atoms with Crippen LogP contribution in [0.5, 0.6) is 5.75 Å². The molecule has 0 aliphatic rings. The second kappa shape index (κ2) is 4.50. The van der Waals surface area contributed by atoms with E-state index >= 15 is 0 Å². The zero-order chi connectivity index (χ0) is 12.4. The van der Waals surface area contributed by atoms with Crippen molar-refractivity contribution in [3.8, 4) is 11.8 Å². The fraction of sp³-hybridized carbons (Fsp3) is 0.357. The van der Waals surface area contributed by atoms with Crippen molar-refractivity contribution in [1.82, 2.24) is 4.57 Å². The molecule has 3 nitrogen and oxygen atoms in total. The molecule has 88 valence electrons. The predicted octanol–water partition coefficient (Wildman–Crippen LogP) is 3.32. The first-order valence-corrected chi connectivity index (χ1v) is 5.85. The summed E-state index contributed by atoms with van der Waals surface area (Å²) in [5, 5.41) is 10.1. The van der Waals surface area contributed by atoms with Crippen LogP contribution in [0, 0.1) is 11.3 Å². The van der Waals surface area contributed by atoms with E-state index in [1.54, 1.807) is 0 Å². The minimum absolute atomic E-state index is 0.160. The molecule has 0 saturated heterocycles. The molecule has 0 saturated carbocycles. The van der Waals surface area contributed by atoms with Gasteiger partial charge in [-0.2, -0.15) is 5.26 Å². The van der Waals surface area contributed by atoms with E-state index in [9.17, 15) is 0 Å². The van der Waals surface area contributed by atoms with Gasteiger partial charge in [-0.05, 0) is 32.9 Å². The monoisotopic (exact) mass is 228 g/mol. The van der Waals surface area contributed by atoms with Gasteiger partial charge in [0.25, 0.3) is 0 Å². The Labute approximate surface area is 101 Å². The van der Waals surface area contributed by atoms with Crippen molar-refractivity contribution in [2.75, 3.05) is 0 Å². The number of aryl methyl sites for hydroxylation is 1. The Hall–Kier alpha value is -1.95. The third kappa shape index (κ3) is 2.12. The Morgan fingerprint density at radius 1 is 1.41 bits per heavy atom. The van der Waals surface area contributed by atoms with Gasteiger partial charge in [0.2, 0.25) is 0 Å². The maximum Gasteiger partial charge on any atom is 0.121 e. The van der Waals surface area contributed by atoms with E-state index in [4.69, 9.17) is 10.00 Å². The fourth-order valence-corrected chi connectivity index (χ4v) is 1.97. The summed E-state index contributed by atoms with van der Waals surface area (Å²) in [6.45, 7) is 6.92. The van der Waals surface area contributed by atoms with E-state index in [2.05, 4.69) is 17.6 Å². The van der Waals surface area contributed by atoms with Crippen molar-refractivity contribution < 1.29 is 4.74 Å². The van der Waals surface area contributed by atoms with E-state index in [1.807, 2.05) is 38.2 Å². The van der Waals surface area contributed by atoms with E-state index in [-0.39, 0.29) is 6.10 Å². The largest absolute Gasteiger partial charge is 0.491 e. The summed E-state index contributed by atoms with van der Waals surface area (Å²) in [5.41, 5.74) is 1.78. The van der Waals surface area contributed by atoms with Crippen molar-refractivity contribution in [2.45, 2.75) is 33.4 Å². The highest BCUT2D eigenvalue weighted by Gasteiger charge is 2.08. The maximum atomic E-state index is 9.06. The Morgan fingerprint density at radius 2 is 2.18 bits per heavy atom. The van der Waals surface area contributed by atoms with Gasteiger partial charge in [0.15, 0.2) is 0 Å². The number of hydrogen-bond acceptors (Lipinski definition) is 2. The highest BCUT2D eigenvalue weighted by atomic mass is 16.5. The Bertz CT molecular complexity index is 576. The molecule has 1 aromatic heterocycles. The molecule has 0 aliphatic carbocycles. The molecule has 0 N–H and O–H groups in total. The highest BCUT2D eigenvalue weighted by molar-refractivity contribution is 5.87. The summed E-state index contributed by atoms with van der Waals surface area (Å²) in [5.74, 6) is 0.852. The van der Waals surface area contributed by atoms with Crippen LogP contribution in [0.1, 0.15) is 26.3 Å². The lowest BCUT2D eigenvalue weighted by Gasteiger charge is -2.10. The van der Waals surface area contributed by atoms with Crippen LogP contribution in [-0.4, -0.2) is 10.7 Å². The molecular formula is C14H16N2O. The average Bonchev–Trinajstić information content (AvgIpc) is 2.65. The smallest absolute Gasteiger partial charge is 0.121 e. The molecule has 0 atom stereocenters. The van der Waals surface area contributed by atoms with Gasteiger partial charge in [-0.1, -0.05) is 0 Å². The normalized spacial score (nSPS) is 10.8. The zero-order valence-corrected chi connectivity index (χ0v) is 10.4. The quantitative estimate of drug-likeness (QED) is 0.808. The Kier molecular flexibility index (Phi) is 3.06. The number of aromatic nitrogens is 1. The van der Waals surface area contributed by atoms with Crippen molar-refractivity contribution in [2.24, 2.45) is 0 Å². The molecule has 0 fully saturated rings. The number of benzene rings is 1. The molecule has 0 spiro atoms. The second-order valence-electron chi connectivity index (χ2n) is 4.29. The molecule has 17 heavy (non-hydrogen) atoms. The summed E-state index contributed by atoms with van der Waals surface area (Å²) >= 11 is 0. The van der Waals surface area contributed by atoms with Gasteiger partial charge in [0.1, 0.15) is 11.8 Å². The molecule has 0 amide bonds. The number of fused-ring (bicyclic) bond motifs is 1. The molecule has 0 bridgehead atoms. The minimum atomic E-state index is 0.160. The molecule has 3 heteroatoms. The van der Waals surface area contributed by atoms with Gasteiger partial charge in [-0.3, -0.25) is 0 Å². The van der Waals surface area contributed by atoms with E-state index in [0.29, 0.717) is 0 Å². The third-order valence-corrected chi connectivity index (χ3v) is 2.69. The van der Waals surface area contributed by atoms with Gasteiger partial charge < -0.3 is 9.30 Å². The molecule has 2 aromatic rings. The first kappa shape index (κ1) is 11.5. The lowest BCUT2D eigenvalue weighted by molar-refractivity contribution is 0.242. The van der Waals surface area contributed by atoms with Crippen LogP contribution in [0.4, 0.5) is 0 Å². The summed E-state index contributed by atoms with van der Waals surface area (Å²) in [7, 11) is 0. The van der Waals surface area contributed by atoms with Crippen molar-refractivity contribution in [3.63, 3.8) is 0 Å². The first-order chi connectivity index (χ1) is 8.15. The second-order valence-corrected chi connectivity index (χ2v) is 4.29. The van der Waals surface area contributed by atoms with Gasteiger partial charge in [-0.15, -0.1) is 0 Å². The van der Waals surface area contributed by atoms with E-state index in [1.165, 1.54) is 0 Å². The van der Waals surface area contributed by atoms with Crippen LogP contribution in [0.15, 0.2) is 24.4 Å². The summed E-state index contributed by atoms with van der Waals surface area (Å²) in [6.07, 6.45) is 2.05. The minimum Gasteiger partial charge on any atom is -0.491 e. The van der Waals surface area contributed by atoms with Crippen molar-refractivity contribution >= 4 is 10.9 Å². The average molecular weight is 228 g/mol. The third-order valence-electron chi connectivity index (χ3n) is 2.69. The molecule has 0 aliphatic heterocycles. The number of hydrogen-bond donors (Lipinski definition) is 0. The van der Waals surface area contributed by atoms with Crippen LogP contribution in [0.25, 0.3) is 10.9 Å². The Morgan fingerprint density at radius 3 is 2.76 bits per heavy atom. The number of rotatable bonds is 3. The lowest BCUT2D eigenvalue weighted by atomic mass is 10.2. The summed E-state index contributed by atoms with van der Waals surface area (Å²) in [4.78, 5) is 0. The molecule has 0 radical (unpaired) electrons. The highest BCUT2D eigenvalue weighted by Crippen LogP contribution is 2.26. The van der Waals surface area contributed by atoms with Crippen LogP contribution in [0.2, 0.25) is 0 Å². The van der Waals surface area contributed by atoms with E-state index in [0.717, 1.165) is 28.8 Å². The first-order valence-electron chi connectivity index (χ1n) is 5.85. The van der Waals surface area contributed by atoms with E-state index < -0.39 is 0 Å². The molecule has 0 unspecified atom stereocenters. The number of nitrogens with zero attached hydrogens (tertiary/aromatic N) is 2. The zero-order valence-electron chi connectivity index (χ0n) is 10.4. The number of ether oxygens (including phenoxy) is 1.